The monoisotopic (exact) mass is 448 g/mol. The quantitative estimate of drug-likeness (QED) is 0.350. The summed E-state index contributed by atoms with van der Waals surface area (Å²) in [6, 6.07) is 23.7. The fourth-order valence-electron chi connectivity index (χ4n) is 3.26. The molecule has 0 amide bonds. The van der Waals surface area contributed by atoms with Crippen molar-refractivity contribution in [3.63, 3.8) is 0 Å². The van der Waals surface area contributed by atoms with E-state index in [-0.39, 0.29) is 19.0 Å². The van der Waals surface area contributed by atoms with E-state index in [4.69, 9.17) is 14.0 Å². The molecule has 4 aromatic rings. The molecule has 7 heteroatoms. The van der Waals surface area contributed by atoms with Gasteiger partial charge in [0.1, 0.15) is 30.9 Å². The van der Waals surface area contributed by atoms with Crippen LogP contribution >= 0.6 is 0 Å². The van der Waals surface area contributed by atoms with E-state index in [1.807, 2.05) is 42.5 Å². The number of hydrogen-bond acceptors (Lipinski definition) is 6. The van der Waals surface area contributed by atoms with Crippen molar-refractivity contribution in [3.8, 4) is 22.8 Å². The molecule has 2 N–H and O–H groups in total. The van der Waals surface area contributed by atoms with Crippen molar-refractivity contribution in [2.75, 3.05) is 13.2 Å². The average Bonchev–Trinajstić information content (AvgIpc) is 3.32. The van der Waals surface area contributed by atoms with Gasteiger partial charge in [-0.1, -0.05) is 65.8 Å². The Morgan fingerprint density at radius 1 is 0.970 bits per heavy atom. The number of aliphatic hydroxyl groups is 1. The van der Waals surface area contributed by atoms with Gasteiger partial charge in [0.2, 0.25) is 0 Å². The van der Waals surface area contributed by atoms with Gasteiger partial charge < -0.3 is 24.4 Å². The number of rotatable bonds is 11. The Kier molecular flexibility index (Phi) is 7.68. The van der Waals surface area contributed by atoms with Gasteiger partial charge in [0, 0.05) is 24.2 Å². The summed E-state index contributed by atoms with van der Waals surface area (Å²) in [6.45, 7) is 1.28. The zero-order valence-corrected chi connectivity index (χ0v) is 18.0. The Morgan fingerprint density at radius 2 is 1.79 bits per heavy atom. The summed E-state index contributed by atoms with van der Waals surface area (Å²) in [5, 5.41) is 17.5. The van der Waals surface area contributed by atoms with Crippen LogP contribution in [-0.2, 0) is 13.2 Å². The molecule has 0 saturated carbocycles. The van der Waals surface area contributed by atoms with Crippen LogP contribution in [0.2, 0.25) is 0 Å². The lowest BCUT2D eigenvalue weighted by molar-refractivity contribution is 0.106. The molecular formula is C26H25FN2O4. The Balaban J connectivity index is 1.31. The maximum atomic E-state index is 13.8. The highest BCUT2D eigenvalue weighted by atomic mass is 19.1. The van der Waals surface area contributed by atoms with Gasteiger partial charge in [-0.05, 0) is 23.8 Å². The standard InChI is InChI=1S/C26H25FN2O4/c27-24-12-5-4-9-21(24)16-32-25-18-33-29-26(25)20-10-6-11-23(13-20)31-17-22(30)15-28-14-19-7-2-1-3-8-19/h1-13,18,22,28,30H,14-17H2/t22-/m0/s1. The normalized spacial score (nSPS) is 11.8. The van der Waals surface area contributed by atoms with E-state index < -0.39 is 6.10 Å². The van der Waals surface area contributed by atoms with E-state index in [1.165, 1.54) is 12.3 Å². The number of nitrogens with one attached hydrogen (secondary N) is 1. The molecule has 0 radical (unpaired) electrons. The molecule has 0 unspecified atom stereocenters. The summed E-state index contributed by atoms with van der Waals surface area (Å²) in [5.41, 5.74) is 2.80. The number of nitrogens with zero attached hydrogens (tertiary/aromatic N) is 1. The number of halogens is 1. The van der Waals surface area contributed by atoms with E-state index >= 15 is 0 Å². The maximum Gasteiger partial charge on any atom is 0.187 e. The van der Waals surface area contributed by atoms with Gasteiger partial charge in [-0.25, -0.2) is 4.39 Å². The lowest BCUT2D eigenvalue weighted by atomic mass is 10.1. The third kappa shape index (κ3) is 6.41. The minimum Gasteiger partial charge on any atom is -0.491 e. The first-order chi connectivity index (χ1) is 16.2. The maximum absolute atomic E-state index is 13.8. The first-order valence-corrected chi connectivity index (χ1v) is 10.7. The first-order valence-electron chi connectivity index (χ1n) is 10.7. The molecule has 0 aliphatic rings. The highest BCUT2D eigenvalue weighted by Gasteiger charge is 2.14. The molecule has 0 spiro atoms. The number of ether oxygens (including phenoxy) is 2. The Bertz CT molecular complexity index is 1150. The summed E-state index contributed by atoms with van der Waals surface area (Å²) in [4.78, 5) is 0. The van der Waals surface area contributed by atoms with Crippen LogP contribution in [0.25, 0.3) is 11.3 Å². The van der Waals surface area contributed by atoms with Crippen molar-refractivity contribution in [1.82, 2.24) is 10.5 Å². The highest BCUT2D eigenvalue weighted by Crippen LogP contribution is 2.31. The highest BCUT2D eigenvalue weighted by molar-refractivity contribution is 5.66. The Hall–Kier alpha value is -3.68. The fourth-order valence-corrected chi connectivity index (χ4v) is 3.26. The molecule has 0 saturated heterocycles. The minimum atomic E-state index is -0.663. The van der Waals surface area contributed by atoms with E-state index in [9.17, 15) is 9.50 Å². The average molecular weight is 448 g/mol. The van der Waals surface area contributed by atoms with Crippen molar-refractivity contribution in [1.29, 1.82) is 0 Å². The van der Waals surface area contributed by atoms with Crippen molar-refractivity contribution in [2.24, 2.45) is 0 Å². The molecule has 33 heavy (non-hydrogen) atoms. The third-order valence-corrected chi connectivity index (χ3v) is 4.98. The van der Waals surface area contributed by atoms with Crippen LogP contribution in [0.4, 0.5) is 4.39 Å². The summed E-state index contributed by atoms with van der Waals surface area (Å²) < 4.78 is 30.4. The topological polar surface area (TPSA) is 76.8 Å². The second-order valence-electron chi connectivity index (χ2n) is 7.52. The van der Waals surface area contributed by atoms with E-state index in [1.54, 1.807) is 30.3 Å². The van der Waals surface area contributed by atoms with Crippen molar-refractivity contribution in [3.05, 3.63) is 102 Å². The summed E-state index contributed by atoms with van der Waals surface area (Å²) in [5.74, 6) is 0.654. The van der Waals surface area contributed by atoms with Crippen LogP contribution in [0.1, 0.15) is 11.1 Å². The summed E-state index contributed by atoms with van der Waals surface area (Å²) in [7, 11) is 0. The molecule has 0 bridgehead atoms. The smallest absolute Gasteiger partial charge is 0.187 e. The van der Waals surface area contributed by atoms with Crippen LogP contribution in [0.15, 0.2) is 89.6 Å². The predicted octanol–water partition coefficient (Wildman–Crippen LogP) is 4.59. The molecule has 3 aromatic carbocycles. The van der Waals surface area contributed by atoms with Gasteiger partial charge in [-0.15, -0.1) is 0 Å². The second-order valence-corrected chi connectivity index (χ2v) is 7.52. The lowest BCUT2D eigenvalue weighted by Gasteiger charge is -2.14. The second kappa shape index (κ2) is 11.3. The zero-order chi connectivity index (χ0) is 22.9. The molecule has 0 aliphatic heterocycles. The zero-order valence-electron chi connectivity index (χ0n) is 18.0. The number of benzene rings is 3. The van der Waals surface area contributed by atoms with Crippen LogP contribution in [0.5, 0.6) is 11.5 Å². The molecule has 1 aromatic heterocycles. The van der Waals surface area contributed by atoms with E-state index in [0.29, 0.717) is 35.8 Å². The molecule has 4 rings (SSSR count). The van der Waals surface area contributed by atoms with Gasteiger partial charge >= 0.3 is 0 Å². The molecular weight excluding hydrogens is 423 g/mol. The lowest BCUT2D eigenvalue weighted by Crippen LogP contribution is -2.31. The van der Waals surface area contributed by atoms with Crippen LogP contribution in [0, 0.1) is 5.82 Å². The fraction of sp³-hybridized carbons (Fsp3) is 0.192. The SMILES string of the molecule is O[C@@H](CNCc1ccccc1)COc1cccc(-c2nocc2OCc2ccccc2F)c1. The Labute approximate surface area is 191 Å². The molecule has 170 valence electrons. The van der Waals surface area contributed by atoms with Crippen molar-refractivity contribution < 1.29 is 23.5 Å². The van der Waals surface area contributed by atoms with Crippen LogP contribution < -0.4 is 14.8 Å². The van der Waals surface area contributed by atoms with Gasteiger partial charge in [0.05, 0.1) is 0 Å². The van der Waals surface area contributed by atoms with E-state index in [0.717, 1.165) is 11.1 Å². The molecule has 1 atom stereocenters. The number of hydrogen-bond donors (Lipinski definition) is 2. The van der Waals surface area contributed by atoms with Gasteiger partial charge in [-0.2, -0.15) is 0 Å². The van der Waals surface area contributed by atoms with Crippen molar-refractivity contribution in [2.45, 2.75) is 19.3 Å². The molecule has 0 aliphatic carbocycles. The number of aliphatic hydroxyl groups excluding tert-OH is 1. The minimum absolute atomic E-state index is 0.0548. The largest absolute Gasteiger partial charge is 0.491 e. The molecule has 1 heterocycles. The van der Waals surface area contributed by atoms with Crippen molar-refractivity contribution >= 4 is 0 Å². The third-order valence-electron chi connectivity index (χ3n) is 4.98. The van der Waals surface area contributed by atoms with Gasteiger partial charge in [-0.3, -0.25) is 0 Å². The van der Waals surface area contributed by atoms with Crippen LogP contribution in [0.3, 0.4) is 0 Å². The van der Waals surface area contributed by atoms with Gasteiger partial charge in [0.15, 0.2) is 17.7 Å². The number of aromatic nitrogens is 1. The summed E-state index contributed by atoms with van der Waals surface area (Å²) in [6.07, 6.45) is 0.718. The van der Waals surface area contributed by atoms with E-state index in [2.05, 4.69) is 10.5 Å². The predicted molar refractivity (Wildman–Crippen MR) is 122 cm³/mol. The summed E-state index contributed by atoms with van der Waals surface area (Å²) >= 11 is 0. The van der Waals surface area contributed by atoms with Crippen LogP contribution in [-0.4, -0.2) is 29.5 Å². The first kappa shape index (κ1) is 22.5. The molecule has 6 nitrogen and oxygen atoms in total. The Morgan fingerprint density at radius 3 is 2.64 bits per heavy atom. The van der Waals surface area contributed by atoms with Gasteiger partial charge in [0.25, 0.3) is 0 Å². The molecule has 0 fully saturated rings.